The predicted molar refractivity (Wildman–Crippen MR) is 86.6 cm³/mol. The van der Waals surface area contributed by atoms with Crippen LogP contribution < -0.4 is 5.73 Å². The predicted octanol–water partition coefficient (Wildman–Crippen LogP) is 1.74. The maximum absolute atomic E-state index is 12.9. The summed E-state index contributed by atoms with van der Waals surface area (Å²) >= 11 is 0. The first-order valence-electron chi connectivity index (χ1n) is 7.59. The Morgan fingerprint density at radius 2 is 2.05 bits per heavy atom. The molecule has 1 aromatic rings. The summed E-state index contributed by atoms with van der Waals surface area (Å²) in [6, 6.07) is 4.64. The van der Waals surface area contributed by atoms with Crippen molar-refractivity contribution in [2.24, 2.45) is 5.73 Å². The highest BCUT2D eigenvalue weighted by Gasteiger charge is 2.30. The molecular formula is C16H24N2O3S. The molecule has 1 aromatic carbocycles. The third kappa shape index (κ3) is 3.50. The summed E-state index contributed by atoms with van der Waals surface area (Å²) in [5.41, 5.74) is 7.26. The fraction of sp³-hybridized carbons (Fsp3) is 0.562. The van der Waals surface area contributed by atoms with Crippen molar-refractivity contribution in [1.82, 2.24) is 4.90 Å². The van der Waals surface area contributed by atoms with Crippen LogP contribution in [0.15, 0.2) is 23.1 Å². The van der Waals surface area contributed by atoms with Gasteiger partial charge in [-0.3, -0.25) is 4.79 Å². The van der Waals surface area contributed by atoms with Gasteiger partial charge >= 0.3 is 0 Å². The number of rotatable bonds is 3. The van der Waals surface area contributed by atoms with Gasteiger partial charge in [0.25, 0.3) is 5.91 Å². The zero-order chi connectivity index (χ0) is 16.5. The van der Waals surface area contributed by atoms with Crippen molar-refractivity contribution >= 4 is 15.7 Å². The minimum atomic E-state index is -3.33. The summed E-state index contributed by atoms with van der Waals surface area (Å²) < 4.78 is 23.4. The average Bonchev–Trinajstić information content (AvgIpc) is 2.45. The molecule has 0 unspecified atom stereocenters. The molecule has 0 bridgehead atoms. The highest BCUT2D eigenvalue weighted by atomic mass is 32.2. The first-order chi connectivity index (χ1) is 10.2. The second-order valence-corrected chi connectivity index (χ2v) is 8.19. The molecule has 22 heavy (non-hydrogen) atoms. The van der Waals surface area contributed by atoms with Crippen molar-refractivity contribution < 1.29 is 13.2 Å². The Hall–Kier alpha value is -1.40. The molecule has 0 saturated carbocycles. The van der Waals surface area contributed by atoms with Crippen LogP contribution in [0.1, 0.15) is 42.1 Å². The fourth-order valence-electron chi connectivity index (χ4n) is 2.97. The normalized spacial score (nSPS) is 20.7. The van der Waals surface area contributed by atoms with Crippen LogP contribution in [0.25, 0.3) is 0 Å². The van der Waals surface area contributed by atoms with Gasteiger partial charge in [-0.05, 0) is 50.8 Å². The smallest absolute Gasteiger partial charge is 0.254 e. The number of amides is 1. The number of likely N-dealkylation sites (tertiary alicyclic amines) is 1. The first kappa shape index (κ1) is 17.0. The minimum absolute atomic E-state index is 0.0162. The van der Waals surface area contributed by atoms with Gasteiger partial charge in [-0.15, -0.1) is 0 Å². The van der Waals surface area contributed by atoms with E-state index in [0.717, 1.165) is 31.1 Å². The number of hydrogen-bond acceptors (Lipinski definition) is 4. The van der Waals surface area contributed by atoms with E-state index >= 15 is 0 Å². The molecule has 0 spiro atoms. The van der Waals surface area contributed by atoms with Crippen LogP contribution >= 0.6 is 0 Å². The van der Waals surface area contributed by atoms with Gasteiger partial charge in [-0.2, -0.15) is 0 Å². The lowest BCUT2D eigenvalue weighted by Gasteiger charge is -2.38. The van der Waals surface area contributed by atoms with E-state index in [9.17, 15) is 13.2 Å². The fourth-order valence-corrected chi connectivity index (χ4v) is 3.62. The molecule has 2 N–H and O–H groups in total. The van der Waals surface area contributed by atoms with Crippen molar-refractivity contribution in [2.45, 2.75) is 50.1 Å². The van der Waals surface area contributed by atoms with Crippen LogP contribution in [0.4, 0.5) is 0 Å². The van der Waals surface area contributed by atoms with Crippen LogP contribution in [-0.2, 0) is 9.84 Å². The molecule has 5 nitrogen and oxygen atoms in total. The number of hydrogen-bond donors (Lipinski definition) is 1. The molecule has 1 aliphatic heterocycles. The highest BCUT2D eigenvalue weighted by molar-refractivity contribution is 7.90. The van der Waals surface area contributed by atoms with Gasteiger partial charge in [0.2, 0.25) is 0 Å². The molecule has 1 aliphatic rings. The van der Waals surface area contributed by atoms with Gasteiger partial charge < -0.3 is 10.6 Å². The number of nitrogens with two attached hydrogens (primary N) is 1. The minimum Gasteiger partial charge on any atom is -0.334 e. The number of aryl methyl sites for hydroxylation is 1. The van der Waals surface area contributed by atoms with Gasteiger partial charge in [-0.1, -0.05) is 6.07 Å². The van der Waals surface area contributed by atoms with Crippen molar-refractivity contribution in [2.75, 3.05) is 12.8 Å². The Labute approximate surface area is 132 Å². The van der Waals surface area contributed by atoms with Crippen molar-refractivity contribution in [1.29, 1.82) is 0 Å². The molecule has 0 radical (unpaired) electrons. The number of benzene rings is 1. The number of carbonyl (C=O) groups is 1. The Bertz CT molecular complexity index is 668. The molecule has 122 valence electrons. The number of nitrogens with zero attached hydrogens (tertiary/aromatic N) is 1. The second-order valence-electron chi connectivity index (χ2n) is 6.17. The summed E-state index contributed by atoms with van der Waals surface area (Å²) in [5.74, 6) is -0.120. The van der Waals surface area contributed by atoms with Gasteiger partial charge in [0.05, 0.1) is 4.90 Å². The van der Waals surface area contributed by atoms with Crippen molar-refractivity contribution in [3.05, 3.63) is 29.3 Å². The summed E-state index contributed by atoms with van der Waals surface area (Å²) in [4.78, 5) is 14.9. The third-order valence-corrected chi connectivity index (χ3v) is 5.39. The quantitative estimate of drug-likeness (QED) is 0.918. The Morgan fingerprint density at radius 1 is 1.36 bits per heavy atom. The molecule has 0 aromatic heterocycles. The first-order valence-corrected chi connectivity index (χ1v) is 9.48. The monoisotopic (exact) mass is 324 g/mol. The largest absolute Gasteiger partial charge is 0.334 e. The average molecular weight is 324 g/mol. The maximum Gasteiger partial charge on any atom is 0.254 e. The lowest BCUT2D eigenvalue weighted by Crippen LogP contribution is -2.51. The third-order valence-electron chi connectivity index (χ3n) is 4.28. The van der Waals surface area contributed by atoms with Crippen LogP contribution in [-0.4, -0.2) is 44.1 Å². The lowest BCUT2D eigenvalue weighted by atomic mass is 9.95. The zero-order valence-electron chi connectivity index (χ0n) is 13.4. The highest BCUT2D eigenvalue weighted by Crippen LogP contribution is 2.24. The van der Waals surface area contributed by atoms with E-state index in [1.807, 2.05) is 18.7 Å². The van der Waals surface area contributed by atoms with Crippen molar-refractivity contribution in [3.63, 3.8) is 0 Å². The number of carbonyl (C=O) groups excluding carboxylic acids is 1. The molecule has 2 atom stereocenters. The molecule has 6 heteroatoms. The van der Waals surface area contributed by atoms with E-state index in [2.05, 4.69) is 0 Å². The van der Waals surface area contributed by atoms with Crippen LogP contribution in [0, 0.1) is 6.92 Å². The Kier molecular flexibility index (Phi) is 4.92. The van der Waals surface area contributed by atoms with E-state index in [0.29, 0.717) is 12.1 Å². The summed E-state index contributed by atoms with van der Waals surface area (Å²) in [7, 11) is -3.33. The lowest BCUT2D eigenvalue weighted by molar-refractivity contribution is 0.0583. The van der Waals surface area contributed by atoms with Gasteiger partial charge in [0.1, 0.15) is 0 Å². The topological polar surface area (TPSA) is 80.5 Å². The van der Waals surface area contributed by atoms with E-state index < -0.39 is 9.84 Å². The number of piperidine rings is 1. The SMILES string of the molecule is Cc1ccc(S(C)(=O)=O)cc1C(=O)N1CCCC[C@@H]1[C@@H](C)N. The standard InChI is InChI=1S/C16H24N2O3S/c1-11-7-8-13(22(3,20)21)10-14(11)16(19)18-9-5-4-6-15(18)12(2)17/h7-8,10,12,15H,4-6,9,17H2,1-3H3/t12-,15-/m1/s1. The molecule has 1 fully saturated rings. The molecule has 0 aliphatic carbocycles. The molecular weight excluding hydrogens is 300 g/mol. The molecule has 1 heterocycles. The number of sulfone groups is 1. The zero-order valence-corrected chi connectivity index (χ0v) is 14.2. The Balaban J connectivity index is 2.40. The van der Waals surface area contributed by atoms with Gasteiger partial charge in [-0.25, -0.2) is 8.42 Å². The summed E-state index contributed by atoms with van der Waals surface area (Å²) in [6.45, 7) is 4.41. The molecule has 1 amide bonds. The van der Waals surface area contributed by atoms with Gasteiger partial charge in [0.15, 0.2) is 9.84 Å². The Morgan fingerprint density at radius 3 is 2.64 bits per heavy atom. The van der Waals surface area contributed by atoms with E-state index in [-0.39, 0.29) is 22.9 Å². The summed E-state index contributed by atoms with van der Waals surface area (Å²) in [5, 5.41) is 0. The summed E-state index contributed by atoms with van der Waals surface area (Å²) in [6.07, 6.45) is 4.07. The van der Waals surface area contributed by atoms with Gasteiger partial charge in [0, 0.05) is 30.4 Å². The van der Waals surface area contributed by atoms with Crippen LogP contribution in [0.2, 0.25) is 0 Å². The second kappa shape index (κ2) is 6.38. The van der Waals surface area contributed by atoms with E-state index in [4.69, 9.17) is 5.73 Å². The van der Waals surface area contributed by atoms with E-state index in [1.54, 1.807) is 12.1 Å². The maximum atomic E-state index is 12.9. The van der Waals surface area contributed by atoms with E-state index in [1.165, 1.54) is 6.07 Å². The van der Waals surface area contributed by atoms with Crippen LogP contribution in [0.5, 0.6) is 0 Å². The van der Waals surface area contributed by atoms with Crippen molar-refractivity contribution in [3.8, 4) is 0 Å². The molecule has 2 rings (SSSR count). The van der Waals surface area contributed by atoms with Crippen LogP contribution in [0.3, 0.4) is 0 Å². The molecule has 1 saturated heterocycles.